The Morgan fingerprint density at radius 2 is 2.22 bits per heavy atom. The summed E-state index contributed by atoms with van der Waals surface area (Å²) in [7, 11) is 0. The number of carbonyl (C=O) groups excluding carboxylic acids is 1. The Morgan fingerprint density at radius 1 is 1.39 bits per heavy atom. The van der Waals surface area contributed by atoms with Crippen molar-refractivity contribution in [2.24, 2.45) is 5.92 Å². The molecular formula is C17H20ClN3O2. The monoisotopic (exact) mass is 333 g/mol. The van der Waals surface area contributed by atoms with Gasteiger partial charge in [0.25, 0.3) is 0 Å². The van der Waals surface area contributed by atoms with E-state index in [1.807, 2.05) is 23.1 Å². The minimum absolute atomic E-state index is 0.161. The fraction of sp³-hybridized carbons (Fsp3) is 0.471. The first-order valence-electron chi connectivity index (χ1n) is 7.98. The lowest BCUT2D eigenvalue weighted by Crippen LogP contribution is -2.39. The second-order valence-electron chi connectivity index (χ2n) is 6.07. The number of aromatic nitrogens is 2. The van der Waals surface area contributed by atoms with Gasteiger partial charge in [0, 0.05) is 25.9 Å². The first-order chi connectivity index (χ1) is 11.1. The van der Waals surface area contributed by atoms with Crippen LogP contribution < -0.4 is 0 Å². The summed E-state index contributed by atoms with van der Waals surface area (Å²) >= 11 is 6.12. The van der Waals surface area contributed by atoms with Gasteiger partial charge in [-0.1, -0.05) is 30.7 Å². The topological polar surface area (TPSA) is 59.2 Å². The Morgan fingerprint density at radius 3 is 3.00 bits per heavy atom. The molecule has 3 rings (SSSR count). The number of nitrogens with zero attached hydrogens (tertiary/aromatic N) is 3. The van der Waals surface area contributed by atoms with Crippen LogP contribution in [0.4, 0.5) is 0 Å². The van der Waals surface area contributed by atoms with Crippen molar-refractivity contribution >= 4 is 17.5 Å². The van der Waals surface area contributed by atoms with E-state index in [1.165, 1.54) is 6.42 Å². The van der Waals surface area contributed by atoms with E-state index < -0.39 is 0 Å². The number of hydrogen-bond acceptors (Lipinski definition) is 4. The summed E-state index contributed by atoms with van der Waals surface area (Å²) in [4.78, 5) is 14.2. The Labute approximate surface area is 140 Å². The van der Waals surface area contributed by atoms with Gasteiger partial charge in [0.05, 0.1) is 10.6 Å². The predicted molar refractivity (Wildman–Crippen MR) is 88.0 cm³/mol. The van der Waals surface area contributed by atoms with Crippen LogP contribution in [0.3, 0.4) is 0 Å². The molecule has 23 heavy (non-hydrogen) atoms. The molecule has 1 amide bonds. The average molecular weight is 334 g/mol. The summed E-state index contributed by atoms with van der Waals surface area (Å²) in [5, 5.41) is 8.61. The first kappa shape index (κ1) is 16.0. The van der Waals surface area contributed by atoms with Crippen molar-refractivity contribution in [2.75, 3.05) is 13.1 Å². The van der Waals surface area contributed by atoms with Gasteiger partial charge in [-0.3, -0.25) is 4.79 Å². The molecule has 0 N–H and O–H groups in total. The summed E-state index contributed by atoms with van der Waals surface area (Å²) in [6, 6.07) is 7.33. The van der Waals surface area contributed by atoms with Gasteiger partial charge in [0.1, 0.15) is 0 Å². The van der Waals surface area contributed by atoms with Crippen molar-refractivity contribution in [2.45, 2.75) is 32.6 Å². The van der Waals surface area contributed by atoms with Gasteiger partial charge in [-0.2, -0.15) is 0 Å². The van der Waals surface area contributed by atoms with Crippen molar-refractivity contribution in [1.29, 1.82) is 0 Å². The van der Waals surface area contributed by atoms with Crippen molar-refractivity contribution in [3.8, 4) is 11.5 Å². The van der Waals surface area contributed by atoms with Crippen LogP contribution in [-0.2, 0) is 11.2 Å². The second-order valence-corrected chi connectivity index (χ2v) is 6.48. The molecule has 0 radical (unpaired) electrons. The van der Waals surface area contributed by atoms with E-state index in [2.05, 4.69) is 17.1 Å². The second kappa shape index (κ2) is 7.13. The molecule has 2 aromatic rings. The largest absolute Gasteiger partial charge is 0.421 e. The summed E-state index contributed by atoms with van der Waals surface area (Å²) in [5.41, 5.74) is 0.712. The third-order valence-corrected chi connectivity index (χ3v) is 4.46. The van der Waals surface area contributed by atoms with Crippen molar-refractivity contribution < 1.29 is 9.21 Å². The van der Waals surface area contributed by atoms with Crippen molar-refractivity contribution in [3.63, 3.8) is 0 Å². The molecule has 2 heterocycles. The normalized spacial score (nSPS) is 18.2. The molecule has 0 aliphatic carbocycles. The number of amides is 1. The Hall–Kier alpha value is -1.88. The van der Waals surface area contributed by atoms with E-state index in [9.17, 15) is 4.79 Å². The molecule has 1 unspecified atom stereocenters. The van der Waals surface area contributed by atoms with Gasteiger partial charge < -0.3 is 9.32 Å². The third kappa shape index (κ3) is 3.91. The molecule has 0 spiro atoms. The van der Waals surface area contributed by atoms with E-state index >= 15 is 0 Å². The maximum Gasteiger partial charge on any atom is 0.249 e. The van der Waals surface area contributed by atoms with Crippen LogP contribution in [0.5, 0.6) is 0 Å². The minimum Gasteiger partial charge on any atom is -0.421 e. The molecule has 1 atom stereocenters. The van der Waals surface area contributed by atoms with Crippen molar-refractivity contribution in [3.05, 3.63) is 35.2 Å². The standard InChI is InChI=1S/C17H20ClN3O2/c1-12-5-4-10-21(11-12)16(22)9-8-15-19-20-17(23-15)13-6-2-3-7-14(13)18/h2-3,6-7,12H,4-5,8-11H2,1H3. The fourth-order valence-electron chi connectivity index (χ4n) is 2.89. The summed E-state index contributed by atoms with van der Waals surface area (Å²) < 4.78 is 5.63. The number of piperidine rings is 1. The molecule has 5 nitrogen and oxygen atoms in total. The minimum atomic E-state index is 0.161. The van der Waals surface area contributed by atoms with E-state index in [0.717, 1.165) is 19.5 Å². The Balaban J connectivity index is 1.59. The predicted octanol–water partition coefficient (Wildman–Crippen LogP) is 3.58. The van der Waals surface area contributed by atoms with Gasteiger partial charge >= 0.3 is 0 Å². The molecule has 6 heteroatoms. The van der Waals surface area contributed by atoms with Crippen LogP contribution >= 0.6 is 11.6 Å². The molecule has 1 aromatic heterocycles. The number of hydrogen-bond donors (Lipinski definition) is 0. The molecule has 1 saturated heterocycles. The number of likely N-dealkylation sites (tertiary alicyclic amines) is 1. The molecule has 1 fully saturated rings. The average Bonchev–Trinajstić information content (AvgIpc) is 3.02. The zero-order valence-electron chi connectivity index (χ0n) is 13.2. The van der Waals surface area contributed by atoms with Gasteiger partial charge in [0.15, 0.2) is 0 Å². The maximum absolute atomic E-state index is 12.3. The maximum atomic E-state index is 12.3. The van der Waals surface area contributed by atoms with Crippen molar-refractivity contribution in [1.82, 2.24) is 15.1 Å². The van der Waals surface area contributed by atoms with Crippen LogP contribution in [0, 0.1) is 5.92 Å². The number of benzene rings is 1. The third-order valence-electron chi connectivity index (χ3n) is 4.13. The van der Waals surface area contributed by atoms with Gasteiger partial charge in [0.2, 0.25) is 17.7 Å². The highest BCUT2D eigenvalue weighted by Gasteiger charge is 2.21. The Bertz CT molecular complexity index is 686. The highest BCUT2D eigenvalue weighted by atomic mass is 35.5. The lowest BCUT2D eigenvalue weighted by Gasteiger charge is -2.30. The zero-order valence-corrected chi connectivity index (χ0v) is 13.9. The lowest BCUT2D eigenvalue weighted by atomic mass is 10.00. The molecular weight excluding hydrogens is 314 g/mol. The molecule has 122 valence electrons. The van der Waals surface area contributed by atoms with Gasteiger partial charge in [-0.15, -0.1) is 10.2 Å². The summed E-state index contributed by atoms with van der Waals surface area (Å²) in [6.07, 6.45) is 3.15. The quantitative estimate of drug-likeness (QED) is 0.858. The molecule has 1 aliphatic rings. The molecule has 0 bridgehead atoms. The molecule has 1 aromatic carbocycles. The number of aryl methyl sites for hydroxylation is 1. The fourth-order valence-corrected chi connectivity index (χ4v) is 3.10. The van der Waals surface area contributed by atoms with E-state index in [1.54, 1.807) is 6.07 Å². The van der Waals surface area contributed by atoms with E-state index in [-0.39, 0.29) is 5.91 Å². The number of halogens is 1. The van der Waals surface area contributed by atoms with E-state index in [0.29, 0.717) is 41.1 Å². The summed E-state index contributed by atoms with van der Waals surface area (Å²) in [6.45, 7) is 3.90. The molecule has 1 aliphatic heterocycles. The van der Waals surface area contributed by atoms with Crippen LogP contribution in [0.2, 0.25) is 5.02 Å². The number of carbonyl (C=O) groups is 1. The summed E-state index contributed by atoms with van der Waals surface area (Å²) in [5.74, 6) is 1.61. The first-order valence-corrected chi connectivity index (χ1v) is 8.36. The lowest BCUT2D eigenvalue weighted by molar-refractivity contribution is -0.132. The van der Waals surface area contributed by atoms with Crippen LogP contribution in [0.1, 0.15) is 32.1 Å². The highest BCUT2D eigenvalue weighted by Crippen LogP contribution is 2.26. The number of rotatable bonds is 4. The van der Waals surface area contributed by atoms with E-state index in [4.69, 9.17) is 16.0 Å². The van der Waals surface area contributed by atoms with Crippen LogP contribution in [0.15, 0.2) is 28.7 Å². The SMILES string of the molecule is CC1CCCN(C(=O)CCc2nnc(-c3ccccc3Cl)o2)C1. The Kier molecular flexibility index (Phi) is 4.96. The smallest absolute Gasteiger partial charge is 0.249 e. The van der Waals surface area contributed by atoms with Crippen LogP contribution in [0.25, 0.3) is 11.5 Å². The van der Waals surface area contributed by atoms with Gasteiger partial charge in [-0.25, -0.2) is 0 Å². The zero-order chi connectivity index (χ0) is 16.2. The molecule has 0 saturated carbocycles. The van der Waals surface area contributed by atoms with Crippen LogP contribution in [-0.4, -0.2) is 34.1 Å². The highest BCUT2D eigenvalue weighted by molar-refractivity contribution is 6.33. The van der Waals surface area contributed by atoms with Gasteiger partial charge in [-0.05, 0) is 30.9 Å².